The number of halogens is 3. The second-order valence-corrected chi connectivity index (χ2v) is 6.21. The number of rotatable bonds is 2. The van der Waals surface area contributed by atoms with Crippen molar-refractivity contribution in [3.63, 3.8) is 0 Å². The topological polar surface area (TPSA) is 101 Å². The minimum atomic E-state index is -4.71. The van der Waals surface area contributed by atoms with Gasteiger partial charge in [-0.1, -0.05) is 6.07 Å². The number of pyridine rings is 1. The van der Waals surface area contributed by atoms with E-state index in [1.54, 1.807) is 0 Å². The Morgan fingerprint density at radius 3 is 2.61 bits per heavy atom. The Kier molecular flexibility index (Phi) is 3.71. The molecule has 0 unspecified atom stereocenters. The summed E-state index contributed by atoms with van der Waals surface area (Å²) in [5.74, 6) is -1.58. The molecule has 4 aromatic rings. The molecular weight excluding hydrogens is 375 g/mol. The molecule has 0 spiro atoms. The van der Waals surface area contributed by atoms with Crippen LogP contribution in [0.3, 0.4) is 0 Å². The average Bonchev–Trinajstić information content (AvgIpc) is 3.07. The molecule has 2 aromatic carbocycles. The normalized spacial score (nSPS) is 12.0. The van der Waals surface area contributed by atoms with Crippen molar-refractivity contribution in [2.24, 2.45) is 5.73 Å². The summed E-state index contributed by atoms with van der Waals surface area (Å²) >= 11 is 0. The quantitative estimate of drug-likeness (QED) is 0.492. The number of hydrogen-bond acceptors (Lipinski definition) is 3. The Morgan fingerprint density at radius 2 is 1.93 bits per heavy atom. The average molecular weight is 387 g/mol. The Balaban J connectivity index is 2.22. The molecule has 0 saturated heterocycles. The van der Waals surface area contributed by atoms with Gasteiger partial charge in [0.2, 0.25) is 5.43 Å². The molecule has 6 nitrogen and oxygen atoms in total. The monoisotopic (exact) mass is 387 g/mol. The van der Waals surface area contributed by atoms with Gasteiger partial charge in [0.05, 0.1) is 22.2 Å². The number of hydrogen-bond donors (Lipinski definition) is 3. The fraction of sp³-hybridized carbons (Fsp3) is 0.0526. The number of H-pyrrole nitrogens is 1. The summed E-state index contributed by atoms with van der Waals surface area (Å²) in [6, 6.07) is 7.70. The summed E-state index contributed by atoms with van der Waals surface area (Å²) in [5, 5.41) is 10.2. The van der Waals surface area contributed by atoms with Gasteiger partial charge in [0.1, 0.15) is 11.3 Å². The smallest absolute Gasteiger partial charge is 0.418 e. The number of carbonyl (C=O) groups excluding carboxylic acids is 1. The van der Waals surface area contributed by atoms with Gasteiger partial charge in [-0.3, -0.25) is 9.59 Å². The van der Waals surface area contributed by atoms with E-state index in [0.717, 1.165) is 16.8 Å². The molecule has 142 valence electrons. The molecule has 4 rings (SSSR count). The van der Waals surface area contributed by atoms with Crippen LogP contribution in [0.25, 0.3) is 27.5 Å². The van der Waals surface area contributed by atoms with Crippen LogP contribution in [-0.2, 0) is 6.18 Å². The Hall–Kier alpha value is -3.75. The van der Waals surface area contributed by atoms with Crippen LogP contribution in [0.4, 0.5) is 13.2 Å². The van der Waals surface area contributed by atoms with E-state index in [9.17, 15) is 27.9 Å². The minimum Gasteiger partial charge on any atom is -0.507 e. The number of aromatic amines is 1. The van der Waals surface area contributed by atoms with E-state index in [0.29, 0.717) is 10.9 Å². The van der Waals surface area contributed by atoms with Gasteiger partial charge in [0.25, 0.3) is 5.91 Å². The minimum absolute atomic E-state index is 0.00593. The third-order valence-electron chi connectivity index (χ3n) is 4.51. The van der Waals surface area contributed by atoms with Crippen molar-refractivity contribution < 1.29 is 23.1 Å². The fourth-order valence-electron chi connectivity index (χ4n) is 3.24. The van der Waals surface area contributed by atoms with Crippen molar-refractivity contribution in [2.45, 2.75) is 6.18 Å². The molecule has 0 aliphatic heterocycles. The summed E-state index contributed by atoms with van der Waals surface area (Å²) in [6.07, 6.45) is -2.25. The molecule has 4 N–H and O–H groups in total. The molecule has 0 saturated carbocycles. The van der Waals surface area contributed by atoms with Gasteiger partial charge in [0, 0.05) is 23.3 Å². The number of aromatic hydroxyl groups is 1. The molecule has 28 heavy (non-hydrogen) atoms. The number of phenolic OH excluding ortho intramolecular Hbond substituents is 1. The first-order valence-electron chi connectivity index (χ1n) is 8.04. The number of carbonyl (C=O) groups is 1. The van der Waals surface area contributed by atoms with Crippen LogP contribution in [0, 0.1) is 0 Å². The highest BCUT2D eigenvalue weighted by Crippen LogP contribution is 2.37. The molecule has 0 aliphatic rings. The number of nitrogens with two attached hydrogens (primary N) is 1. The van der Waals surface area contributed by atoms with Crippen LogP contribution in [0.5, 0.6) is 5.75 Å². The lowest BCUT2D eigenvalue weighted by Gasteiger charge is -2.18. The summed E-state index contributed by atoms with van der Waals surface area (Å²) < 4.78 is 42.3. The standard InChI is InChI=1S/C19H12F3N3O3/c20-19(21,22)11-6-9-4-5-24-12(9)7-14(11)25-8-10(18(23)28)17(27)16-13(25)2-1-3-15(16)26/h1-8,24,26H,(H2,23,28). The third-order valence-corrected chi connectivity index (χ3v) is 4.51. The molecular formula is C19H12F3N3O3. The zero-order valence-corrected chi connectivity index (χ0v) is 14.0. The number of benzene rings is 2. The molecule has 1 amide bonds. The number of fused-ring (bicyclic) bond motifs is 2. The lowest BCUT2D eigenvalue weighted by atomic mass is 10.1. The van der Waals surface area contributed by atoms with E-state index in [2.05, 4.69) is 4.98 Å². The second-order valence-electron chi connectivity index (χ2n) is 6.21. The maximum atomic E-state index is 13.8. The first kappa shape index (κ1) is 17.7. The van der Waals surface area contributed by atoms with E-state index >= 15 is 0 Å². The zero-order chi connectivity index (χ0) is 20.2. The highest BCUT2D eigenvalue weighted by molar-refractivity contribution is 5.98. The predicted molar refractivity (Wildman–Crippen MR) is 96.6 cm³/mol. The fourth-order valence-corrected chi connectivity index (χ4v) is 3.24. The van der Waals surface area contributed by atoms with Gasteiger partial charge >= 0.3 is 6.18 Å². The van der Waals surface area contributed by atoms with E-state index in [1.807, 2.05) is 0 Å². The molecule has 0 fully saturated rings. The van der Waals surface area contributed by atoms with Gasteiger partial charge in [-0.25, -0.2) is 0 Å². The number of phenols is 1. The first-order chi connectivity index (χ1) is 13.2. The van der Waals surface area contributed by atoms with Crippen LogP contribution >= 0.6 is 0 Å². The van der Waals surface area contributed by atoms with Crippen LogP contribution in [-0.4, -0.2) is 20.6 Å². The molecule has 0 bridgehead atoms. The largest absolute Gasteiger partial charge is 0.507 e. The van der Waals surface area contributed by atoms with E-state index in [1.165, 1.54) is 36.5 Å². The van der Waals surface area contributed by atoms with Crippen molar-refractivity contribution in [1.82, 2.24) is 9.55 Å². The third kappa shape index (κ3) is 2.59. The summed E-state index contributed by atoms with van der Waals surface area (Å²) in [7, 11) is 0. The maximum Gasteiger partial charge on any atom is 0.418 e. The van der Waals surface area contributed by atoms with Crippen molar-refractivity contribution in [1.29, 1.82) is 0 Å². The van der Waals surface area contributed by atoms with Gasteiger partial charge in [-0.05, 0) is 30.3 Å². The SMILES string of the molecule is NC(=O)c1cn(-c2cc3[nH]ccc3cc2C(F)(F)F)c2cccc(O)c2c1=O. The van der Waals surface area contributed by atoms with Gasteiger partial charge < -0.3 is 20.4 Å². The van der Waals surface area contributed by atoms with E-state index in [4.69, 9.17) is 5.73 Å². The Labute approximate surface area is 154 Å². The lowest BCUT2D eigenvalue weighted by Crippen LogP contribution is -2.24. The summed E-state index contributed by atoms with van der Waals surface area (Å²) in [5.41, 5.74) is 2.99. The molecule has 9 heteroatoms. The van der Waals surface area contributed by atoms with E-state index < -0.39 is 34.4 Å². The summed E-state index contributed by atoms with van der Waals surface area (Å²) in [6.45, 7) is 0. The Bertz CT molecular complexity index is 1320. The van der Waals surface area contributed by atoms with Gasteiger partial charge in [-0.15, -0.1) is 0 Å². The van der Waals surface area contributed by atoms with Crippen LogP contribution in [0.15, 0.2) is 53.6 Å². The number of aromatic nitrogens is 2. The van der Waals surface area contributed by atoms with Crippen molar-refractivity contribution in [3.8, 4) is 11.4 Å². The number of nitrogens with one attached hydrogen (secondary N) is 1. The molecule has 0 atom stereocenters. The first-order valence-corrected chi connectivity index (χ1v) is 8.04. The van der Waals surface area contributed by atoms with Crippen molar-refractivity contribution >= 4 is 27.7 Å². The van der Waals surface area contributed by atoms with Crippen molar-refractivity contribution in [3.05, 3.63) is 70.1 Å². The van der Waals surface area contributed by atoms with Crippen molar-refractivity contribution in [2.75, 3.05) is 0 Å². The molecule has 2 aromatic heterocycles. The predicted octanol–water partition coefficient (Wildman–Crippen LogP) is 3.30. The Morgan fingerprint density at radius 1 is 1.18 bits per heavy atom. The van der Waals surface area contributed by atoms with Gasteiger partial charge in [0.15, 0.2) is 0 Å². The maximum absolute atomic E-state index is 13.8. The lowest BCUT2D eigenvalue weighted by molar-refractivity contribution is -0.137. The zero-order valence-electron chi connectivity index (χ0n) is 14.0. The number of nitrogens with zero attached hydrogens (tertiary/aromatic N) is 1. The van der Waals surface area contributed by atoms with Gasteiger partial charge in [-0.2, -0.15) is 13.2 Å². The molecule has 0 aliphatic carbocycles. The second kappa shape index (κ2) is 5.88. The highest BCUT2D eigenvalue weighted by atomic mass is 19.4. The van der Waals surface area contributed by atoms with Crippen LogP contribution in [0.1, 0.15) is 15.9 Å². The number of primary amides is 1. The highest BCUT2D eigenvalue weighted by Gasteiger charge is 2.35. The van der Waals surface area contributed by atoms with Crippen LogP contribution in [0.2, 0.25) is 0 Å². The molecule has 2 heterocycles. The van der Waals surface area contributed by atoms with Crippen LogP contribution < -0.4 is 11.2 Å². The number of alkyl halides is 3. The molecule has 0 radical (unpaired) electrons. The summed E-state index contributed by atoms with van der Waals surface area (Å²) in [4.78, 5) is 27.1. The van der Waals surface area contributed by atoms with E-state index in [-0.39, 0.29) is 16.6 Å². The number of amides is 1.